The molecule has 3 aromatic carbocycles. The molecule has 0 aliphatic heterocycles. The summed E-state index contributed by atoms with van der Waals surface area (Å²) in [5, 5.41) is 5.10. The van der Waals surface area contributed by atoms with Crippen molar-refractivity contribution in [1.29, 1.82) is 0 Å². The summed E-state index contributed by atoms with van der Waals surface area (Å²) < 4.78 is 33.8. The molecular weight excluding hydrogens is 1080 g/mol. The van der Waals surface area contributed by atoms with Crippen LogP contribution in [0.4, 0.5) is 29.6 Å². The predicted molar refractivity (Wildman–Crippen MR) is 300 cm³/mol. The summed E-state index contributed by atoms with van der Waals surface area (Å²) in [5.74, 6) is 3.45. The molecule has 0 saturated carbocycles. The Balaban J connectivity index is 0.000000161. The Morgan fingerprint density at radius 3 is 1.57 bits per heavy atom. The van der Waals surface area contributed by atoms with Gasteiger partial charge >= 0.3 is 5.91 Å². The number of halogens is 3. The highest BCUT2D eigenvalue weighted by Crippen LogP contribution is 2.22. The molecule has 0 saturated heterocycles. The zero-order chi connectivity index (χ0) is 56.1. The second-order valence-corrected chi connectivity index (χ2v) is 17.7. The third kappa shape index (κ3) is 18.7. The maximum Gasteiger partial charge on any atom is 0.305 e. The Bertz CT molecular complexity index is 3430. The standard InChI is InChI=1S/C18H17N5O3.C18H19N5O3.C13H14ClN3O.C4H3Cl2N3/c1-24-13-6-4-12(5-7-13)8-10-26-16-11-15-20-17(14-3-2-9-25-14)22-23(15)18(19)21-16;1-12-4-6-13(7-5-12)8-10-26-16-11-15(20-18(19)21-16)22-23-17(24)14-3-2-9-25-14;1-9-2-4-10(5-3-9)6-7-18-12-8-11(14)16-13(15)17-12;5-2-1-3(6)9-4(7)8-2/h2-7,9,11H,8,10H2,1H3,(H2,19,21);2-7,9,11H,8,10H2,1H3,(H,23,24)(H3,19,20,21,22);2-5,8H,6-7H2,1H3,(H2,15,16,17);1H,(H2,7,8,9). The van der Waals surface area contributed by atoms with E-state index in [4.69, 9.17) is 85.5 Å². The molecule has 79 heavy (non-hydrogen) atoms. The maximum atomic E-state index is 11.8. The molecule has 1 amide bonds. The van der Waals surface area contributed by atoms with Gasteiger partial charge in [0.15, 0.2) is 23.0 Å². The summed E-state index contributed by atoms with van der Waals surface area (Å²) in [5.41, 5.74) is 33.9. The van der Waals surface area contributed by atoms with E-state index in [0.717, 1.165) is 30.6 Å². The number of anilines is 5. The van der Waals surface area contributed by atoms with Crippen LogP contribution >= 0.6 is 34.8 Å². The van der Waals surface area contributed by atoms with Crippen LogP contribution in [0.5, 0.6) is 23.4 Å². The summed E-state index contributed by atoms with van der Waals surface area (Å²) in [6, 6.07) is 37.3. The van der Waals surface area contributed by atoms with Crippen molar-refractivity contribution < 1.29 is 32.6 Å². The van der Waals surface area contributed by atoms with Crippen molar-refractivity contribution in [3.63, 3.8) is 0 Å². The number of benzene rings is 3. The molecule has 10 rings (SSSR count). The lowest BCUT2D eigenvalue weighted by atomic mass is 10.1. The molecule has 0 radical (unpaired) electrons. The van der Waals surface area contributed by atoms with Gasteiger partial charge in [-0.1, -0.05) is 107 Å². The fourth-order valence-corrected chi connectivity index (χ4v) is 7.28. The Morgan fingerprint density at radius 2 is 1.06 bits per heavy atom. The SMILES string of the molecule is COc1ccc(CCOc2cc3nc(-c4ccco4)nn3c(N)n2)cc1.Cc1ccc(CCOc2cc(Cl)nc(N)n2)cc1.Cc1ccc(CCOc2cc(NNC(=O)c3ccco3)nc(N)n2)cc1.Nc1nc(Cl)cc(Cl)n1. The number of aryl methyl sites for hydroxylation is 2. The van der Waals surface area contributed by atoms with Crippen molar-refractivity contribution in [2.45, 2.75) is 33.1 Å². The van der Waals surface area contributed by atoms with Crippen LogP contribution in [0, 0.1) is 13.8 Å². The van der Waals surface area contributed by atoms with Crippen LogP contribution in [0.25, 0.3) is 17.2 Å². The molecule has 0 unspecified atom stereocenters. The summed E-state index contributed by atoms with van der Waals surface area (Å²) in [4.78, 5) is 43.3. The summed E-state index contributed by atoms with van der Waals surface area (Å²) in [6.45, 7) is 5.54. The second kappa shape index (κ2) is 28.6. The highest BCUT2D eigenvalue weighted by Gasteiger charge is 2.14. The summed E-state index contributed by atoms with van der Waals surface area (Å²) >= 11 is 16.6. The number of carbonyl (C=O) groups is 1. The smallest absolute Gasteiger partial charge is 0.305 e. The van der Waals surface area contributed by atoms with Crippen LogP contribution in [-0.4, -0.2) is 82.3 Å². The molecule has 26 heteroatoms. The Kier molecular flexibility index (Phi) is 20.7. The van der Waals surface area contributed by atoms with E-state index in [2.05, 4.69) is 111 Å². The van der Waals surface area contributed by atoms with Gasteiger partial charge in [0.1, 0.15) is 21.2 Å². The van der Waals surface area contributed by atoms with Crippen LogP contribution in [-0.2, 0) is 19.3 Å². The first kappa shape index (κ1) is 57.3. The first-order valence-corrected chi connectivity index (χ1v) is 25.0. The summed E-state index contributed by atoms with van der Waals surface area (Å²) in [6.07, 6.45) is 5.26. The Hall–Kier alpha value is -9.45. The minimum Gasteiger partial charge on any atom is -0.497 e. The van der Waals surface area contributed by atoms with E-state index in [1.165, 1.54) is 39.1 Å². The van der Waals surface area contributed by atoms with Crippen molar-refractivity contribution in [2.24, 2.45) is 0 Å². The Morgan fingerprint density at radius 1 is 0.570 bits per heavy atom. The van der Waals surface area contributed by atoms with Gasteiger partial charge in [-0.15, -0.1) is 5.10 Å². The molecular formula is C53H53Cl3N16O7. The van der Waals surface area contributed by atoms with Gasteiger partial charge in [0, 0.05) is 43.5 Å². The number of nitrogen functional groups attached to an aromatic ring is 4. The topological polar surface area (TPSA) is 329 Å². The van der Waals surface area contributed by atoms with Gasteiger partial charge in [-0.25, -0.2) is 19.9 Å². The number of nitrogens with zero attached hydrogens (tertiary/aromatic N) is 10. The minimum absolute atomic E-state index is 0.0348. The number of amides is 1. The molecule has 0 aliphatic carbocycles. The van der Waals surface area contributed by atoms with E-state index in [9.17, 15) is 4.79 Å². The predicted octanol–water partition coefficient (Wildman–Crippen LogP) is 8.94. The first-order chi connectivity index (χ1) is 38.1. The van der Waals surface area contributed by atoms with E-state index in [1.807, 2.05) is 31.2 Å². The number of aromatic nitrogens is 10. The fourth-order valence-electron chi connectivity index (χ4n) is 6.66. The van der Waals surface area contributed by atoms with Crippen LogP contribution < -0.4 is 52.7 Å². The first-order valence-electron chi connectivity index (χ1n) is 23.8. The second-order valence-electron chi connectivity index (χ2n) is 16.5. The molecule has 10 aromatic rings. The maximum absolute atomic E-state index is 11.8. The fraction of sp³-hybridized carbons (Fsp3) is 0.170. The van der Waals surface area contributed by atoms with Gasteiger partial charge < -0.3 is 50.7 Å². The normalized spacial score (nSPS) is 10.5. The lowest BCUT2D eigenvalue weighted by molar-refractivity contribution is 0.0935. The van der Waals surface area contributed by atoms with Gasteiger partial charge in [0.25, 0.3) is 0 Å². The third-order valence-corrected chi connectivity index (χ3v) is 11.1. The van der Waals surface area contributed by atoms with Crippen molar-refractivity contribution in [1.82, 2.24) is 54.9 Å². The van der Waals surface area contributed by atoms with Crippen molar-refractivity contribution in [3.05, 3.63) is 183 Å². The lowest BCUT2D eigenvalue weighted by Crippen LogP contribution is -2.29. The van der Waals surface area contributed by atoms with Crippen LogP contribution in [0.3, 0.4) is 0 Å². The van der Waals surface area contributed by atoms with Crippen molar-refractivity contribution >= 4 is 76.0 Å². The number of nitrogens with two attached hydrogens (primary N) is 4. The number of hydrogen-bond acceptors (Lipinski definition) is 21. The van der Waals surface area contributed by atoms with E-state index in [-0.39, 0.29) is 45.0 Å². The molecule has 10 N–H and O–H groups in total. The number of ether oxygens (including phenoxy) is 4. The van der Waals surface area contributed by atoms with Crippen molar-refractivity contribution in [3.8, 4) is 35.0 Å². The third-order valence-electron chi connectivity index (χ3n) is 10.5. The number of methoxy groups -OCH3 is 1. The number of hydrazine groups is 1. The lowest BCUT2D eigenvalue weighted by Gasteiger charge is -2.10. The quantitative estimate of drug-likeness (QED) is 0.0366. The number of nitrogens with one attached hydrogen (secondary N) is 2. The molecule has 0 spiro atoms. The molecule has 0 aliphatic rings. The Labute approximate surface area is 467 Å². The van der Waals surface area contributed by atoms with Gasteiger partial charge in [-0.2, -0.15) is 24.5 Å². The van der Waals surface area contributed by atoms with E-state index in [0.29, 0.717) is 60.5 Å². The zero-order valence-corrected chi connectivity index (χ0v) is 45.0. The largest absolute Gasteiger partial charge is 0.497 e. The minimum atomic E-state index is -0.436. The number of rotatable bonds is 17. The van der Waals surface area contributed by atoms with Gasteiger partial charge in [-0.05, 0) is 66.9 Å². The van der Waals surface area contributed by atoms with Gasteiger partial charge in [-0.3, -0.25) is 15.6 Å². The molecule has 0 atom stereocenters. The summed E-state index contributed by atoms with van der Waals surface area (Å²) in [7, 11) is 1.64. The number of carbonyl (C=O) groups excluding carboxylic acids is 1. The van der Waals surface area contributed by atoms with Crippen LogP contribution in [0.1, 0.15) is 38.4 Å². The highest BCUT2D eigenvalue weighted by atomic mass is 35.5. The number of furan rings is 2. The zero-order valence-electron chi connectivity index (χ0n) is 42.7. The average Bonchev–Trinajstić information content (AvgIpc) is 4.33. The average molecular weight is 1130 g/mol. The molecule has 7 aromatic heterocycles. The molecule has 0 fully saturated rings. The van der Waals surface area contributed by atoms with Gasteiger partial charge in [0.05, 0.1) is 39.5 Å². The van der Waals surface area contributed by atoms with Gasteiger partial charge in [0.2, 0.25) is 47.3 Å². The van der Waals surface area contributed by atoms with Crippen LogP contribution in [0.15, 0.2) is 143 Å². The number of hydrogen-bond donors (Lipinski definition) is 6. The van der Waals surface area contributed by atoms with E-state index in [1.54, 1.807) is 55.8 Å². The molecule has 7 heterocycles. The van der Waals surface area contributed by atoms with E-state index >= 15 is 0 Å². The molecule has 23 nitrogen and oxygen atoms in total. The molecule has 408 valence electrons. The number of fused-ring (bicyclic) bond motifs is 1. The highest BCUT2D eigenvalue weighted by molar-refractivity contribution is 6.33. The van der Waals surface area contributed by atoms with Crippen LogP contribution in [0.2, 0.25) is 15.5 Å². The monoisotopic (exact) mass is 1130 g/mol. The van der Waals surface area contributed by atoms with Crippen molar-refractivity contribution in [2.75, 3.05) is 55.3 Å². The molecule has 0 bridgehead atoms. The van der Waals surface area contributed by atoms with E-state index < -0.39 is 5.91 Å².